The van der Waals surface area contributed by atoms with Crippen molar-refractivity contribution in [2.24, 2.45) is 5.41 Å². The average Bonchev–Trinajstić information content (AvgIpc) is 2.66. The summed E-state index contributed by atoms with van der Waals surface area (Å²) in [6.45, 7) is -3.13. The zero-order valence-corrected chi connectivity index (χ0v) is 16.9. The number of rotatable bonds is 9. The number of halogens is 4. The molecule has 1 amide bonds. The van der Waals surface area contributed by atoms with E-state index in [1.165, 1.54) is 24.3 Å². The molecule has 0 unspecified atom stereocenters. The Morgan fingerprint density at radius 2 is 1.87 bits per heavy atom. The summed E-state index contributed by atoms with van der Waals surface area (Å²) in [4.78, 5) is 28.5. The molecular formula is C21H18ClF3N2O4. The first kappa shape index (κ1) is 21.4. The van der Waals surface area contributed by atoms with E-state index in [9.17, 15) is 22.8 Å². The molecule has 3 fully saturated rings. The fraction of sp³-hybridized carbons (Fsp3) is 0.381. The van der Waals surface area contributed by atoms with Gasteiger partial charge in [0.15, 0.2) is 5.78 Å². The number of nitrogens with zero attached hydrogens (tertiary/aromatic N) is 1. The maximum absolute atomic E-state index is 13.4. The molecule has 3 aliphatic carbocycles. The molecule has 1 heterocycles. The van der Waals surface area contributed by atoms with Crippen molar-refractivity contribution in [3.8, 4) is 11.5 Å². The second-order valence-electron chi connectivity index (χ2n) is 8.10. The van der Waals surface area contributed by atoms with Crippen LogP contribution in [0.5, 0.6) is 11.5 Å². The Hall–Kier alpha value is -2.81. The first-order chi connectivity index (χ1) is 14.7. The van der Waals surface area contributed by atoms with Gasteiger partial charge >= 0.3 is 6.61 Å². The molecule has 0 radical (unpaired) electrons. The quantitative estimate of drug-likeness (QED) is 0.615. The number of hydrogen-bond acceptors (Lipinski definition) is 5. The van der Waals surface area contributed by atoms with E-state index in [2.05, 4.69) is 15.0 Å². The summed E-state index contributed by atoms with van der Waals surface area (Å²) in [6.07, 6.45) is 3.38. The number of nitrogens with one attached hydrogen (secondary N) is 1. The molecule has 0 spiro atoms. The highest BCUT2D eigenvalue weighted by Crippen LogP contribution is 2.69. The summed E-state index contributed by atoms with van der Waals surface area (Å²) in [7, 11) is 0. The number of carbonyl (C=O) groups excluding carboxylic acids is 2. The van der Waals surface area contributed by atoms with Crippen molar-refractivity contribution in [3.63, 3.8) is 0 Å². The Bertz CT molecular complexity index is 996. The van der Waals surface area contributed by atoms with Gasteiger partial charge in [0.2, 0.25) is 0 Å². The van der Waals surface area contributed by atoms with Crippen LogP contribution in [0.1, 0.15) is 36.2 Å². The Morgan fingerprint density at radius 1 is 1.16 bits per heavy atom. The van der Waals surface area contributed by atoms with Crippen LogP contribution < -0.4 is 14.8 Å². The second-order valence-corrected chi connectivity index (χ2v) is 8.51. The van der Waals surface area contributed by atoms with Crippen LogP contribution in [-0.2, 0) is 4.79 Å². The lowest BCUT2D eigenvalue weighted by atomic mass is 9.38. The van der Waals surface area contributed by atoms with Gasteiger partial charge in [-0.2, -0.15) is 8.78 Å². The summed E-state index contributed by atoms with van der Waals surface area (Å²) in [5.41, 5.74) is -0.418. The van der Waals surface area contributed by atoms with Gasteiger partial charge in [-0.1, -0.05) is 11.6 Å². The SMILES string of the molecule is O=C(COc1ccc(Cl)c(F)c1)CC12CC(NC(=O)c3ccc(OC(F)F)cn3)(C1)C2. The number of aromatic nitrogens is 1. The molecule has 10 heteroatoms. The topological polar surface area (TPSA) is 77.5 Å². The molecule has 1 aromatic heterocycles. The smallest absolute Gasteiger partial charge is 0.387 e. The predicted octanol–water partition coefficient (Wildman–Crippen LogP) is 4.17. The van der Waals surface area contributed by atoms with E-state index < -0.39 is 18.3 Å². The molecule has 6 nitrogen and oxygen atoms in total. The molecule has 31 heavy (non-hydrogen) atoms. The first-order valence-electron chi connectivity index (χ1n) is 9.51. The lowest BCUT2D eigenvalue weighted by molar-refractivity contribution is -0.162. The van der Waals surface area contributed by atoms with Crippen LogP contribution in [0.4, 0.5) is 13.2 Å². The molecule has 0 aliphatic heterocycles. The summed E-state index contributed by atoms with van der Waals surface area (Å²) < 4.78 is 47.3. The zero-order chi connectivity index (χ0) is 22.2. The first-order valence-corrected chi connectivity index (χ1v) is 9.88. The molecule has 3 aliphatic rings. The van der Waals surface area contributed by atoms with Crippen LogP contribution >= 0.6 is 11.6 Å². The standard InChI is InChI=1S/C21H18ClF3N2O4/c22-15-3-1-13(5-16(15)23)30-8-12(28)6-20-9-21(10-20,11-20)27-18(29)17-4-2-14(7-26-17)31-19(24)25/h1-5,7,19H,6,8-11H2,(H,27,29). The maximum Gasteiger partial charge on any atom is 0.387 e. The van der Waals surface area contributed by atoms with Crippen LogP contribution in [0.25, 0.3) is 0 Å². The van der Waals surface area contributed by atoms with Crippen molar-refractivity contribution in [2.75, 3.05) is 6.61 Å². The summed E-state index contributed by atoms with van der Waals surface area (Å²) >= 11 is 5.61. The molecule has 1 aromatic carbocycles. The highest BCUT2D eigenvalue weighted by atomic mass is 35.5. The fourth-order valence-corrected chi connectivity index (χ4v) is 4.63. The number of carbonyl (C=O) groups is 2. The number of amides is 1. The van der Waals surface area contributed by atoms with Crippen molar-refractivity contribution in [3.05, 3.63) is 53.1 Å². The van der Waals surface area contributed by atoms with Gasteiger partial charge in [-0.15, -0.1) is 0 Å². The van der Waals surface area contributed by atoms with Gasteiger partial charge in [0.05, 0.1) is 11.2 Å². The van der Waals surface area contributed by atoms with Crippen LogP contribution in [-0.4, -0.2) is 35.4 Å². The predicted molar refractivity (Wildman–Crippen MR) is 104 cm³/mol. The lowest BCUT2D eigenvalue weighted by Gasteiger charge is -2.70. The Balaban J connectivity index is 1.22. The van der Waals surface area contributed by atoms with Gasteiger partial charge in [0.25, 0.3) is 5.91 Å². The van der Waals surface area contributed by atoms with E-state index in [1.807, 2.05) is 0 Å². The number of ketones is 1. The minimum Gasteiger partial charge on any atom is -0.486 e. The third-order valence-corrected chi connectivity index (χ3v) is 5.88. The number of Topliss-reactive ketones (excluding diaryl/α,β-unsaturated/α-hetero) is 1. The largest absolute Gasteiger partial charge is 0.486 e. The lowest BCUT2D eigenvalue weighted by Crippen LogP contribution is -2.75. The summed E-state index contributed by atoms with van der Waals surface area (Å²) in [6, 6.07) is 6.54. The Labute approximate surface area is 180 Å². The van der Waals surface area contributed by atoms with E-state index in [0.717, 1.165) is 12.3 Å². The number of pyridine rings is 1. The van der Waals surface area contributed by atoms with Crippen LogP contribution in [0, 0.1) is 11.2 Å². The number of alkyl halides is 2. The monoisotopic (exact) mass is 454 g/mol. The van der Waals surface area contributed by atoms with Gasteiger partial charge in [0, 0.05) is 18.0 Å². The highest BCUT2D eigenvalue weighted by molar-refractivity contribution is 6.30. The Morgan fingerprint density at radius 3 is 2.48 bits per heavy atom. The highest BCUT2D eigenvalue weighted by Gasteiger charge is 2.68. The fourth-order valence-electron chi connectivity index (χ4n) is 4.51. The third kappa shape index (κ3) is 4.61. The molecule has 2 aromatic rings. The van der Waals surface area contributed by atoms with Gasteiger partial charge in [-0.05, 0) is 48.9 Å². The molecular weight excluding hydrogens is 437 g/mol. The molecule has 164 valence electrons. The van der Waals surface area contributed by atoms with Gasteiger partial charge in [-0.25, -0.2) is 9.37 Å². The van der Waals surface area contributed by atoms with Gasteiger partial charge in [-0.3, -0.25) is 9.59 Å². The molecule has 5 rings (SSSR count). The van der Waals surface area contributed by atoms with E-state index in [0.29, 0.717) is 25.7 Å². The van der Waals surface area contributed by atoms with Gasteiger partial charge in [0.1, 0.15) is 29.6 Å². The van der Waals surface area contributed by atoms with E-state index >= 15 is 0 Å². The van der Waals surface area contributed by atoms with Crippen LogP contribution in [0.2, 0.25) is 5.02 Å². The van der Waals surface area contributed by atoms with Crippen molar-refractivity contribution in [1.29, 1.82) is 0 Å². The number of hydrogen-bond donors (Lipinski definition) is 1. The van der Waals surface area contributed by atoms with E-state index in [1.54, 1.807) is 0 Å². The minimum absolute atomic E-state index is 0.0208. The maximum atomic E-state index is 13.4. The summed E-state index contributed by atoms with van der Waals surface area (Å²) in [5, 5.41) is 2.89. The summed E-state index contributed by atoms with van der Waals surface area (Å²) in [5.74, 6) is -1.02. The van der Waals surface area contributed by atoms with Crippen molar-refractivity contribution >= 4 is 23.3 Å². The number of ether oxygens (including phenoxy) is 2. The van der Waals surface area contributed by atoms with E-state index in [-0.39, 0.29) is 45.6 Å². The van der Waals surface area contributed by atoms with Crippen molar-refractivity contribution in [1.82, 2.24) is 10.3 Å². The molecule has 0 saturated heterocycles. The average molecular weight is 455 g/mol. The zero-order valence-electron chi connectivity index (χ0n) is 16.2. The Kier molecular flexibility index (Phi) is 5.55. The minimum atomic E-state index is -2.96. The van der Waals surface area contributed by atoms with Crippen LogP contribution in [0.15, 0.2) is 36.5 Å². The van der Waals surface area contributed by atoms with Gasteiger partial charge < -0.3 is 14.8 Å². The van der Waals surface area contributed by atoms with Crippen LogP contribution in [0.3, 0.4) is 0 Å². The molecule has 1 N–H and O–H groups in total. The molecule has 0 atom stereocenters. The van der Waals surface area contributed by atoms with Crippen molar-refractivity contribution < 1.29 is 32.2 Å². The second kappa shape index (κ2) is 8.03. The van der Waals surface area contributed by atoms with E-state index in [4.69, 9.17) is 16.3 Å². The third-order valence-electron chi connectivity index (χ3n) is 5.58. The molecule has 3 saturated carbocycles. The molecule has 2 bridgehead atoms. The number of benzene rings is 1. The van der Waals surface area contributed by atoms with Crippen molar-refractivity contribution in [2.45, 2.75) is 37.8 Å². The normalized spacial score (nSPS) is 23.5.